The van der Waals surface area contributed by atoms with Crippen LogP contribution in [-0.4, -0.2) is 23.8 Å². The third-order valence-corrected chi connectivity index (χ3v) is 4.24. The zero-order valence-corrected chi connectivity index (χ0v) is 13.1. The Morgan fingerprint density at radius 2 is 2.05 bits per heavy atom. The molecule has 2 atom stereocenters. The van der Waals surface area contributed by atoms with Gasteiger partial charge in [0, 0.05) is 11.6 Å². The zero-order valence-electron chi connectivity index (χ0n) is 12.3. The van der Waals surface area contributed by atoms with Crippen LogP contribution in [0.5, 0.6) is 0 Å². The lowest BCUT2D eigenvalue weighted by molar-refractivity contribution is 0.181. The smallest absolute Gasteiger partial charge is 0.315 e. The molecule has 3 N–H and O–H groups in total. The number of hydrogen-bond donors (Lipinski definition) is 3. The minimum atomic E-state index is -0.399. The number of aliphatic hydroxyl groups is 1. The number of urea groups is 1. The minimum Gasteiger partial charge on any atom is -0.393 e. The number of benzene rings is 1. The highest BCUT2D eigenvalue weighted by molar-refractivity contribution is 6.30. The fraction of sp³-hybridized carbons (Fsp3) is 0.562. The highest BCUT2D eigenvalue weighted by Gasteiger charge is 2.29. The molecule has 2 amide bonds. The summed E-state index contributed by atoms with van der Waals surface area (Å²) in [5.41, 5.74) is 1.09. The van der Waals surface area contributed by atoms with Crippen molar-refractivity contribution >= 4 is 17.6 Å². The average molecular weight is 311 g/mol. The van der Waals surface area contributed by atoms with Crippen molar-refractivity contribution in [1.82, 2.24) is 10.6 Å². The average Bonchev–Trinajstić information content (AvgIpc) is 2.36. The third-order valence-electron chi connectivity index (χ3n) is 3.98. The van der Waals surface area contributed by atoms with E-state index in [1.165, 1.54) is 6.42 Å². The van der Waals surface area contributed by atoms with Crippen molar-refractivity contribution in [2.45, 2.75) is 44.8 Å². The molecule has 116 valence electrons. The van der Waals surface area contributed by atoms with Crippen molar-refractivity contribution in [3.05, 3.63) is 34.9 Å². The fourth-order valence-electron chi connectivity index (χ4n) is 2.50. The highest BCUT2D eigenvalue weighted by atomic mass is 35.5. The first-order valence-electron chi connectivity index (χ1n) is 7.54. The second kappa shape index (κ2) is 7.66. The Balaban J connectivity index is 1.93. The Hall–Kier alpha value is -1.26. The second-order valence-electron chi connectivity index (χ2n) is 5.76. The summed E-state index contributed by atoms with van der Waals surface area (Å²) in [6, 6.07) is 7.51. The molecule has 2 rings (SSSR count). The molecular weight excluding hydrogens is 288 g/mol. The van der Waals surface area contributed by atoms with Crippen LogP contribution in [0, 0.1) is 5.92 Å². The topological polar surface area (TPSA) is 61.4 Å². The van der Waals surface area contributed by atoms with E-state index in [0.29, 0.717) is 23.9 Å². The minimum absolute atomic E-state index is 0.0302. The van der Waals surface area contributed by atoms with Gasteiger partial charge in [-0.05, 0) is 49.8 Å². The maximum absolute atomic E-state index is 12.0. The maximum atomic E-state index is 12.0. The molecule has 4 nitrogen and oxygen atoms in total. The van der Waals surface area contributed by atoms with Crippen molar-refractivity contribution in [2.75, 3.05) is 6.54 Å². The van der Waals surface area contributed by atoms with Crippen LogP contribution in [0.3, 0.4) is 0 Å². The van der Waals surface area contributed by atoms with Gasteiger partial charge >= 0.3 is 6.03 Å². The molecule has 2 unspecified atom stereocenters. The van der Waals surface area contributed by atoms with Gasteiger partial charge in [-0.25, -0.2) is 4.79 Å². The van der Waals surface area contributed by atoms with E-state index in [0.717, 1.165) is 18.4 Å². The number of halogens is 1. The molecule has 1 fully saturated rings. The van der Waals surface area contributed by atoms with Crippen LogP contribution >= 0.6 is 11.6 Å². The largest absolute Gasteiger partial charge is 0.393 e. The van der Waals surface area contributed by atoms with E-state index in [1.54, 1.807) is 6.92 Å². The molecule has 0 aliphatic heterocycles. The molecule has 0 heterocycles. The van der Waals surface area contributed by atoms with Crippen molar-refractivity contribution in [3.63, 3.8) is 0 Å². The molecule has 1 aromatic carbocycles. The molecule has 5 heteroatoms. The molecular formula is C16H23ClN2O2. The fourth-order valence-corrected chi connectivity index (χ4v) is 2.63. The van der Waals surface area contributed by atoms with Crippen molar-refractivity contribution in [2.24, 2.45) is 5.92 Å². The number of rotatable bonds is 6. The van der Waals surface area contributed by atoms with Crippen LogP contribution in [0.25, 0.3) is 0 Å². The number of carbonyl (C=O) groups excluding carboxylic acids is 1. The zero-order chi connectivity index (χ0) is 15.2. The lowest BCUT2D eigenvalue weighted by Gasteiger charge is -2.34. The van der Waals surface area contributed by atoms with Crippen molar-refractivity contribution < 1.29 is 9.90 Å². The number of amides is 2. The van der Waals surface area contributed by atoms with Gasteiger partial charge in [0.05, 0.1) is 12.1 Å². The summed E-state index contributed by atoms with van der Waals surface area (Å²) in [5.74, 6) is 0.494. The van der Waals surface area contributed by atoms with Gasteiger partial charge in [0.1, 0.15) is 0 Å². The Morgan fingerprint density at radius 3 is 2.57 bits per heavy atom. The molecule has 1 saturated carbocycles. The normalized spacial score (nSPS) is 17.7. The Bertz CT molecular complexity index is 458. The van der Waals surface area contributed by atoms with Crippen molar-refractivity contribution in [3.8, 4) is 0 Å². The molecule has 0 bridgehead atoms. The van der Waals surface area contributed by atoms with E-state index < -0.39 is 6.10 Å². The van der Waals surface area contributed by atoms with E-state index in [9.17, 15) is 9.90 Å². The van der Waals surface area contributed by atoms with Crippen LogP contribution < -0.4 is 10.6 Å². The van der Waals surface area contributed by atoms with E-state index in [-0.39, 0.29) is 12.1 Å². The van der Waals surface area contributed by atoms with Crippen molar-refractivity contribution in [1.29, 1.82) is 0 Å². The molecule has 0 spiro atoms. The summed E-state index contributed by atoms with van der Waals surface area (Å²) >= 11 is 5.92. The predicted octanol–water partition coefficient (Wildman–Crippen LogP) is 3.25. The van der Waals surface area contributed by atoms with Gasteiger partial charge in [0.15, 0.2) is 0 Å². The number of aliphatic hydroxyl groups excluding tert-OH is 1. The maximum Gasteiger partial charge on any atom is 0.315 e. The summed E-state index contributed by atoms with van der Waals surface area (Å²) in [5, 5.41) is 15.7. The monoisotopic (exact) mass is 310 g/mol. The molecule has 1 aliphatic carbocycles. The third kappa shape index (κ3) is 4.90. The van der Waals surface area contributed by atoms with Crippen LogP contribution in [0.4, 0.5) is 4.79 Å². The quantitative estimate of drug-likeness (QED) is 0.755. The van der Waals surface area contributed by atoms with Gasteiger partial charge in [0.2, 0.25) is 0 Å². The SMILES string of the molecule is CC(O)CCNC(=O)NC(c1ccc(Cl)cc1)C1CCC1. The van der Waals surface area contributed by atoms with E-state index in [1.807, 2.05) is 24.3 Å². The van der Waals surface area contributed by atoms with Gasteiger partial charge in [-0.2, -0.15) is 0 Å². The molecule has 0 saturated heterocycles. The Kier molecular flexibility index (Phi) is 5.88. The Morgan fingerprint density at radius 1 is 1.38 bits per heavy atom. The summed E-state index contributed by atoms with van der Waals surface area (Å²) in [6.07, 6.45) is 3.66. The lowest BCUT2D eigenvalue weighted by atomic mass is 9.77. The molecule has 0 radical (unpaired) electrons. The van der Waals surface area contributed by atoms with Gasteiger partial charge in [-0.15, -0.1) is 0 Å². The Labute approximate surface area is 130 Å². The summed E-state index contributed by atoms with van der Waals surface area (Å²) in [4.78, 5) is 12.0. The van der Waals surface area contributed by atoms with Gasteiger partial charge in [-0.1, -0.05) is 30.2 Å². The number of carbonyl (C=O) groups is 1. The highest BCUT2D eigenvalue weighted by Crippen LogP contribution is 2.37. The molecule has 1 aromatic rings. The van der Waals surface area contributed by atoms with E-state index in [4.69, 9.17) is 11.6 Å². The number of nitrogens with one attached hydrogen (secondary N) is 2. The van der Waals surface area contributed by atoms with E-state index in [2.05, 4.69) is 10.6 Å². The first kappa shape index (κ1) is 16.1. The summed E-state index contributed by atoms with van der Waals surface area (Å²) in [7, 11) is 0. The number of hydrogen-bond acceptors (Lipinski definition) is 2. The summed E-state index contributed by atoms with van der Waals surface area (Å²) < 4.78 is 0. The van der Waals surface area contributed by atoms with E-state index >= 15 is 0 Å². The predicted molar refractivity (Wildman–Crippen MR) is 84.4 cm³/mol. The van der Waals surface area contributed by atoms with Gasteiger partial charge < -0.3 is 15.7 Å². The second-order valence-corrected chi connectivity index (χ2v) is 6.19. The van der Waals surface area contributed by atoms with Gasteiger partial charge in [-0.3, -0.25) is 0 Å². The lowest BCUT2D eigenvalue weighted by Crippen LogP contribution is -2.42. The first-order chi connectivity index (χ1) is 10.1. The summed E-state index contributed by atoms with van der Waals surface area (Å²) in [6.45, 7) is 2.19. The van der Waals surface area contributed by atoms with Crippen LogP contribution in [0.1, 0.15) is 44.2 Å². The molecule has 0 aromatic heterocycles. The van der Waals surface area contributed by atoms with Crippen LogP contribution in [-0.2, 0) is 0 Å². The van der Waals surface area contributed by atoms with Crippen LogP contribution in [0.2, 0.25) is 5.02 Å². The van der Waals surface area contributed by atoms with Crippen LogP contribution in [0.15, 0.2) is 24.3 Å². The first-order valence-corrected chi connectivity index (χ1v) is 7.92. The molecule has 21 heavy (non-hydrogen) atoms. The molecule has 1 aliphatic rings. The van der Waals surface area contributed by atoms with Gasteiger partial charge in [0.25, 0.3) is 0 Å². The standard InChI is InChI=1S/C16H23ClN2O2/c1-11(20)9-10-18-16(21)19-15(12-3-2-4-12)13-5-7-14(17)8-6-13/h5-8,11-12,15,20H,2-4,9-10H2,1H3,(H2,18,19,21).